The standard InChI is InChI=1S/C16H20N4O3/c1-22-7-8-23-10-14(21)17-13-4-2-3-12(9-13)16-18-15(19-20-16)11-5-6-11/h2-4,9,11H,5-8,10H2,1H3,(H,17,21)(H,18,19,20). The molecule has 0 radical (unpaired) electrons. The Morgan fingerprint density at radius 1 is 1.39 bits per heavy atom. The Labute approximate surface area is 134 Å². The van der Waals surface area contributed by atoms with Crippen LogP contribution in [0.4, 0.5) is 5.69 Å². The number of carbonyl (C=O) groups is 1. The van der Waals surface area contributed by atoms with E-state index in [0.29, 0.717) is 30.6 Å². The highest BCUT2D eigenvalue weighted by Crippen LogP contribution is 2.38. The fourth-order valence-corrected chi connectivity index (χ4v) is 2.18. The van der Waals surface area contributed by atoms with Crippen LogP contribution in [-0.2, 0) is 14.3 Å². The number of anilines is 1. The largest absolute Gasteiger partial charge is 0.382 e. The van der Waals surface area contributed by atoms with Crippen LogP contribution in [0.5, 0.6) is 0 Å². The minimum atomic E-state index is -0.202. The van der Waals surface area contributed by atoms with Gasteiger partial charge in [-0.25, -0.2) is 4.98 Å². The summed E-state index contributed by atoms with van der Waals surface area (Å²) in [6.45, 7) is 0.863. The maximum Gasteiger partial charge on any atom is 0.250 e. The summed E-state index contributed by atoms with van der Waals surface area (Å²) in [7, 11) is 1.59. The van der Waals surface area contributed by atoms with Crippen molar-refractivity contribution in [2.24, 2.45) is 0 Å². The van der Waals surface area contributed by atoms with Gasteiger partial charge in [0, 0.05) is 24.3 Å². The molecule has 2 aromatic rings. The molecular weight excluding hydrogens is 296 g/mol. The zero-order chi connectivity index (χ0) is 16.1. The fraction of sp³-hybridized carbons (Fsp3) is 0.438. The van der Waals surface area contributed by atoms with Crippen molar-refractivity contribution >= 4 is 11.6 Å². The third-order valence-corrected chi connectivity index (χ3v) is 3.54. The van der Waals surface area contributed by atoms with E-state index in [1.165, 1.54) is 12.8 Å². The molecule has 3 rings (SSSR count). The first-order chi connectivity index (χ1) is 11.3. The lowest BCUT2D eigenvalue weighted by molar-refractivity contribution is -0.121. The van der Waals surface area contributed by atoms with E-state index in [4.69, 9.17) is 9.47 Å². The van der Waals surface area contributed by atoms with Crippen LogP contribution in [0.1, 0.15) is 24.6 Å². The third kappa shape index (κ3) is 4.37. The average molecular weight is 316 g/mol. The second-order valence-corrected chi connectivity index (χ2v) is 5.49. The molecule has 1 amide bonds. The van der Waals surface area contributed by atoms with Gasteiger partial charge in [-0.1, -0.05) is 12.1 Å². The first-order valence-electron chi connectivity index (χ1n) is 7.65. The van der Waals surface area contributed by atoms with Crippen LogP contribution in [0.25, 0.3) is 11.4 Å². The van der Waals surface area contributed by atoms with Crippen LogP contribution in [0.3, 0.4) is 0 Å². The maximum absolute atomic E-state index is 11.8. The van der Waals surface area contributed by atoms with Crippen molar-refractivity contribution in [2.75, 3.05) is 32.2 Å². The van der Waals surface area contributed by atoms with Crippen LogP contribution in [0.2, 0.25) is 0 Å². The Morgan fingerprint density at radius 2 is 2.26 bits per heavy atom. The summed E-state index contributed by atoms with van der Waals surface area (Å²) in [5.41, 5.74) is 1.56. The van der Waals surface area contributed by atoms with Gasteiger partial charge in [-0.3, -0.25) is 9.89 Å². The topological polar surface area (TPSA) is 89.1 Å². The number of rotatable bonds is 8. The number of nitrogens with one attached hydrogen (secondary N) is 2. The number of hydrogen-bond donors (Lipinski definition) is 2. The van der Waals surface area contributed by atoms with Gasteiger partial charge in [-0.2, -0.15) is 5.10 Å². The van der Waals surface area contributed by atoms with Gasteiger partial charge >= 0.3 is 0 Å². The van der Waals surface area contributed by atoms with E-state index in [1.54, 1.807) is 7.11 Å². The van der Waals surface area contributed by atoms with Crippen LogP contribution < -0.4 is 5.32 Å². The van der Waals surface area contributed by atoms with Crippen molar-refractivity contribution in [1.29, 1.82) is 0 Å². The van der Waals surface area contributed by atoms with E-state index in [1.807, 2.05) is 24.3 Å². The number of benzene rings is 1. The quantitative estimate of drug-likeness (QED) is 0.727. The summed E-state index contributed by atoms with van der Waals surface area (Å²) in [5.74, 6) is 1.93. The average Bonchev–Trinajstić information content (AvgIpc) is 3.29. The number of ether oxygens (including phenoxy) is 2. The first-order valence-corrected chi connectivity index (χ1v) is 7.65. The molecule has 2 N–H and O–H groups in total. The highest BCUT2D eigenvalue weighted by molar-refractivity contribution is 5.92. The molecule has 0 spiro atoms. The summed E-state index contributed by atoms with van der Waals surface area (Å²) in [5, 5.41) is 10.0. The van der Waals surface area contributed by atoms with Crippen LogP contribution in [-0.4, -0.2) is 48.0 Å². The van der Waals surface area contributed by atoms with E-state index in [9.17, 15) is 4.79 Å². The summed E-state index contributed by atoms with van der Waals surface area (Å²) in [4.78, 5) is 16.3. The third-order valence-electron chi connectivity index (χ3n) is 3.54. The number of nitrogens with zero attached hydrogens (tertiary/aromatic N) is 2. The van der Waals surface area contributed by atoms with Gasteiger partial charge < -0.3 is 14.8 Å². The van der Waals surface area contributed by atoms with Gasteiger partial charge in [0.05, 0.1) is 13.2 Å². The monoisotopic (exact) mass is 316 g/mol. The molecule has 1 aromatic carbocycles. The molecule has 0 bridgehead atoms. The van der Waals surface area contributed by atoms with Crippen molar-refractivity contribution in [3.63, 3.8) is 0 Å². The molecule has 0 saturated heterocycles. The minimum absolute atomic E-state index is 0.0000700. The predicted octanol–water partition coefficient (Wildman–Crippen LogP) is 1.95. The summed E-state index contributed by atoms with van der Waals surface area (Å²) in [6, 6.07) is 7.46. The molecule has 122 valence electrons. The number of aromatic nitrogens is 3. The lowest BCUT2D eigenvalue weighted by atomic mass is 10.2. The number of methoxy groups -OCH3 is 1. The zero-order valence-electron chi connectivity index (χ0n) is 13.0. The predicted molar refractivity (Wildman–Crippen MR) is 85.1 cm³/mol. The van der Waals surface area contributed by atoms with E-state index >= 15 is 0 Å². The van der Waals surface area contributed by atoms with Gasteiger partial charge in [0.2, 0.25) is 5.91 Å². The molecule has 0 atom stereocenters. The molecule has 1 heterocycles. The lowest BCUT2D eigenvalue weighted by Gasteiger charge is -2.07. The summed E-state index contributed by atoms with van der Waals surface area (Å²) < 4.78 is 10.0. The molecule has 1 aliphatic rings. The zero-order valence-corrected chi connectivity index (χ0v) is 13.0. The Hall–Kier alpha value is -2.25. The Morgan fingerprint density at radius 3 is 3.04 bits per heavy atom. The van der Waals surface area contributed by atoms with Crippen molar-refractivity contribution in [2.45, 2.75) is 18.8 Å². The molecular formula is C16H20N4O3. The highest BCUT2D eigenvalue weighted by atomic mass is 16.5. The van der Waals surface area contributed by atoms with Gasteiger partial charge in [0.25, 0.3) is 0 Å². The number of H-pyrrole nitrogens is 1. The van der Waals surface area contributed by atoms with Gasteiger partial charge in [-0.05, 0) is 25.0 Å². The van der Waals surface area contributed by atoms with Crippen molar-refractivity contribution in [1.82, 2.24) is 15.2 Å². The van der Waals surface area contributed by atoms with Crippen molar-refractivity contribution < 1.29 is 14.3 Å². The molecule has 7 nitrogen and oxygen atoms in total. The van der Waals surface area contributed by atoms with E-state index in [0.717, 1.165) is 11.4 Å². The van der Waals surface area contributed by atoms with Gasteiger partial charge in [0.1, 0.15) is 12.4 Å². The Kier molecular flexibility index (Phi) is 4.99. The Bertz CT molecular complexity index is 667. The SMILES string of the molecule is COCCOCC(=O)Nc1cccc(-c2n[nH]c(C3CC3)n2)c1. The second-order valence-electron chi connectivity index (χ2n) is 5.49. The van der Waals surface area contributed by atoms with E-state index in [2.05, 4.69) is 20.5 Å². The van der Waals surface area contributed by atoms with Crippen LogP contribution in [0.15, 0.2) is 24.3 Å². The second kappa shape index (κ2) is 7.34. The van der Waals surface area contributed by atoms with Crippen LogP contribution in [0, 0.1) is 0 Å². The lowest BCUT2D eigenvalue weighted by Crippen LogP contribution is -2.19. The summed E-state index contributed by atoms with van der Waals surface area (Å²) >= 11 is 0. The molecule has 23 heavy (non-hydrogen) atoms. The highest BCUT2D eigenvalue weighted by Gasteiger charge is 2.27. The van der Waals surface area contributed by atoms with Crippen molar-refractivity contribution in [3.8, 4) is 11.4 Å². The molecule has 7 heteroatoms. The molecule has 1 aliphatic carbocycles. The summed E-state index contributed by atoms with van der Waals surface area (Å²) in [6.07, 6.45) is 2.35. The normalized spacial score (nSPS) is 14.0. The smallest absolute Gasteiger partial charge is 0.250 e. The molecule has 1 fully saturated rings. The van der Waals surface area contributed by atoms with Crippen LogP contribution >= 0.6 is 0 Å². The molecule has 0 aliphatic heterocycles. The van der Waals surface area contributed by atoms with Crippen molar-refractivity contribution in [3.05, 3.63) is 30.1 Å². The first kappa shape index (κ1) is 15.6. The minimum Gasteiger partial charge on any atom is -0.382 e. The fourth-order valence-electron chi connectivity index (χ4n) is 2.18. The number of carbonyl (C=O) groups excluding carboxylic acids is 1. The maximum atomic E-state index is 11.8. The van der Waals surface area contributed by atoms with Gasteiger partial charge in [-0.15, -0.1) is 0 Å². The van der Waals surface area contributed by atoms with Gasteiger partial charge in [0.15, 0.2) is 5.82 Å². The Balaban J connectivity index is 1.59. The van der Waals surface area contributed by atoms with E-state index in [-0.39, 0.29) is 12.5 Å². The van der Waals surface area contributed by atoms with E-state index < -0.39 is 0 Å². The molecule has 0 unspecified atom stereocenters. The molecule has 1 aromatic heterocycles. The number of hydrogen-bond acceptors (Lipinski definition) is 5. The number of amides is 1. The number of aromatic amines is 1. The molecule has 1 saturated carbocycles.